The van der Waals surface area contributed by atoms with Crippen LogP contribution in [0.25, 0.3) is 0 Å². The monoisotopic (exact) mass is 303 g/mol. The van der Waals surface area contributed by atoms with Gasteiger partial charge >= 0.3 is 0 Å². The first-order valence-corrected chi connectivity index (χ1v) is 5.71. The van der Waals surface area contributed by atoms with E-state index in [2.05, 4.69) is 15.9 Å². The van der Waals surface area contributed by atoms with Crippen molar-refractivity contribution in [1.29, 1.82) is 0 Å². The van der Waals surface area contributed by atoms with E-state index < -0.39 is 6.04 Å². The fourth-order valence-electron chi connectivity index (χ4n) is 1.40. The van der Waals surface area contributed by atoms with Gasteiger partial charge in [0.1, 0.15) is 11.6 Å². The second kappa shape index (κ2) is 4.57. The molecule has 16 heavy (non-hydrogen) atoms. The van der Waals surface area contributed by atoms with Crippen molar-refractivity contribution < 1.29 is 8.81 Å². The van der Waals surface area contributed by atoms with Crippen LogP contribution in [-0.4, -0.2) is 0 Å². The maximum atomic E-state index is 13.1. The average molecular weight is 305 g/mol. The van der Waals surface area contributed by atoms with Crippen molar-refractivity contribution in [1.82, 2.24) is 0 Å². The third-order valence-corrected chi connectivity index (χ3v) is 2.96. The maximum Gasteiger partial charge on any atom is 0.169 e. The van der Waals surface area contributed by atoms with Gasteiger partial charge in [-0.05, 0) is 51.8 Å². The highest BCUT2D eigenvalue weighted by atomic mass is 79.9. The molecular formula is C11H8BrClFNO. The van der Waals surface area contributed by atoms with E-state index in [1.54, 1.807) is 12.1 Å². The number of halogens is 3. The van der Waals surface area contributed by atoms with E-state index in [1.807, 2.05) is 0 Å². The van der Waals surface area contributed by atoms with Gasteiger partial charge in [0.2, 0.25) is 0 Å². The van der Waals surface area contributed by atoms with Gasteiger partial charge in [-0.25, -0.2) is 4.39 Å². The van der Waals surface area contributed by atoms with E-state index in [9.17, 15) is 4.39 Å². The number of rotatable bonds is 2. The molecule has 1 atom stereocenters. The summed E-state index contributed by atoms with van der Waals surface area (Å²) in [6.07, 6.45) is 0. The van der Waals surface area contributed by atoms with Gasteiger partial charge in [-0.2, -0.15) is 0 Å². The van der Waals surface area contributed by atoms with E-state index in [4.69, 9.17) is 21.8 Å². The number of hydrogen-bond donors (Lipinski definition) is 1. The summed E-state index contributed by atoms with van der Waals surface area (Å²) in [4.78, 5) is 0. The highest BCUT2D eigenvalue weighted by Gasteiger charge is 2.16. The van der Waals surface area contributed by atoms with Gasteiger partial charge < -0.3 is 10.2 Å². The Labute approximate surface area is 105 Å². The lowest BCUT2D eigenvalue weighted by Crippen LogP contribution is -2.11. The highest BCUT2D eigenvalue weighted by molar-refractivity contribution is 9.10. The fourth-order valence-corrected chi connectivity index (χ4v) is 1.96. The van der Waals surface area contributed by atoms with E-state index in [0.29, 0.717) is 21.0 Å². The van der Waals surface area contributed by atoms with E-state index in [0.717, 1.165) is 0 Å². The minimum Gasteiger partial charge on any atom is -0.452 e. The van der Waals surface area contributed by atoms with Gasteiger partial charge in [0.05, 0.1) is 6.04 Å². The minimum atomic E-state index is -0.575. The molecule has 1 aromatic carbocycles. The van der Waals surface area contributed by atoms with Crippen molar-refractivity contribution in [3.63, 3.8) is 0 Å². The second-order valence-electron chi connectivity index (χ2n) is 3.29. The molecule has 0 bridgehead atoms. The summed E-state index contributed by atoms with van der Waals surface area (Å²) in [5.41, 5.74) is 6.44. The summed E-state index contributed by atoms with van der Waals surface area (Å²) in [5.74, 6) is 0.153. The summed E-state index contributed by atoms with van der Waals surface area (Å²) in [6.45, 7) is 0. The molecule has 0 aliphatic heterocycles. The number of nitrogens with two attached hydrogens (primary N) is 1. The third-order valence-electron chi connectivity index (χ3n) is 2.19. The van der Waals surface area contributed by atoms with Crippen LogP contribution >= 0.6 is 27.5 Å². The van der Waals surface area contributed by atoms with Crippen molar-refractivity contribution in [2.45, 2.75) is 6.04 Å². The Kier molecular flexibility index (Phi) is 3.33. The molecule has 0 saturated carbocycles. The molecule has 0 saturated heterocycles. The zero-order valence-corrected chi connectivity index (χ0v) is 10.4. The first-order valence-electron chi connectivity index (χ1n) is 4.53. The molecule has 0 radical (unpaired) electrons. The number of furan rings is 1. The molecule has 1 unspecified atom stereocenters. The largest absolute Gasteiger partial charge is 0.452 e. The Balaban J connectivity index is 2.40. The Hall–Kier alpha value is -0.840. The lowest BCUT2D eigenvalue weighted by Gasteiger charge is -2.11. The zero-order valence-electron chi connectivity index (χ0n) is 8.08. The molecule has 1 aromatic heterocycles. The van der Waals surface area contributed by atoms with Crippen LogP contribution in [0.2, 0.25) is 5.02 Å². The SMILES string of the molecule is NC(c1ccc(Br)o1)c1cc(F)ccc1Cl. The van der Waals surface area contributed by atoms with E-state index in [-0.39, 0.29) is 5.82 Å². The minimum absolute atomic E-state index is 0.375. The van der Waals surface area contributed by atoms with E-state index >= 15 is 0 Å². The topological polar surface area (TPSA) is 39.2 Å². The molecule has 2 aromatic rings. The van der Waals surface area contributed by atoms with Gasteiger partial charge in [0, 0.05) is 5.02 Å². The first-order chi connectivity index (χ1) is 7.58. The maximum absolute atomic E-state index is 13.1. The normalized spacial score (nSPS) is 12.8. The Morgan fingerprint density at radius 2 is 2.06 bits per heavy atom. The molecule has 0 amide bonds. The molecule has 2 rings (SSSR count). The average Bonchev–Trinajstić information content (AvgIpc) is 2.67. The van der Waals surface area contributed by atoms with E-state index in [1.165, 1.54) is 18.2 Å². The second-order valence-corrected chi connectivity index (χ2v) is 4.47. The van der Waals surface area contributed by atoms with Gasteiger partial charge in [-0.1, -0.05) is 11.6 Å². The summed E-state index contributed by atoms with van der Waals surface area (Å²) in [6, 6.07) is 6.94. The molecule has 0 aliphatic carbocycles. The van der Waals surface area contributed by atoms with Crippen LogP contribution in [0, 0.1) is 5.82 Å². The predicted molar refractivity (Wildman–Crippen MR) is 63.8 cm³/mol. The number of hydrogen-bond acceptors (Lipinski definition) is 2. The van der Waals surface area contributed by atoms with Crippen LogP contribution < -0.4 is 5.73 Å². The molecule has 0 aliphatic rings. The molecule has 1 heterocycles. The highest BCUT2D eigenvalue weighted by Crippen LogP contribution is 2.29. The molecular weight excluding hydrogens is 296 g/mol. The van der Waals surface area contributed by atoms with Crippen LogP contribution in [0.3, 0.4) is 0 Å². The quantitative estimate of drug-likeness (QED) is 0.914. The summed E-state index contributed by atoms with van der Waals surface area (Å²) >= 11 is 9.12. The zero-order chi connectivity index (χ0) is 11.7. The Bertz CT molecular complexity index is 514. The van der Waals surface area contributed by atoms with Gasteiger partial charge in [-0.15, -0.1) is 0 Å². The lowest BCUT2D eigenvalue weighted by molar-refractivity contribution is 0.469. The van der Waals surface area contributed by atoms with Crippen molar-refractivity contribution >= 4 is 27.5 Å². The smallest absolute Gasteiger partial charge is 0.169 e. The molecule has 5 heteroatoms. The van der Waals surface area contributed by atoms with Crippen LogP contribution in [0.1, 0.15) is 17.4 Å². The van der Waals surface area contributed by atoms with Crippen LogP contribution in [-0.2, 0) is 0 Å². The summed E-state index contributed by atoms with van der Waals surface area (Å²) in [7, 11) is 0. The van der Waals surface area contributed by atoms with Gasteiger partial charge in [0.25, 0.3) is 0 Å². The van der Waals surface area contributed by atoms with Crippen molar-refractivity contribution in [2.24, 2.45) is 5.73 Å². The van der Waals surface area contributed by atoms with Crippen LogP contribution in [0.4, 0.5) is 4.39 Å². The van der Waals surface area contributed by atoms with Crippen molar-refractivity contribution in [2.75, 3.05) is 0 Å². The third kappa shape index (κ3) is 2.29. The van der Waals surface area contributed by atoms with Crippen LogP contribution in [0.15, 0.2) is 39.4 Å². The van der Waals surface area contributed by atoms with Crippen molar-refractivity contribution in [3.05, 3.63) is 57.2 Å². The summed E-state index contributed by atoms with van der Waals surface area (Å²) < 4.78 is 19.0. The Morgan fingerprint density at radius 1 is 1.31 bits per heavy atom. The predicted octanol–water partition coefficient (Wildman–Crippen LogP) is 3.88. The fraction of sp³-hybridized carbons (Fsp3) is 0.0909. The lowest BCUT2D eigenvalue weighted by atomic mass is 10.1. The number of benzene rings is 1. The first kappa shape index (κ1) is 11.6. The van der Waals surface area contributed by atoms with Crippen molar-refractivity contribution in [3.8, 4) is 0 Å². The molecule has 84 valence electrons. The standard InChI is InChI=1S/C11H8BrClFNO/c12-10-4-3-9(16-10)11(15)7-5-6(14)1-2-8(7)13/h1-5,11H,15H2. The Morgan fingerprint density at radius 3 is 2.69 bits per heavy atom. The molecule has 0 spiro atoms. The van der Waals surface area contributed by atoms with Gasteiger partial charge in [0.15, 0.2) is 4.67 Å². The van der Waals surface area contributed by atoms with Gasteiger partial charge in [-0.3, -0.25) is 0 Å². The summed E-state index contributed by atoms with van der Waals surface area (Å²) in [5, 5.41) is 0.418. The molecule has 0 fully saturated rings. The molecule has 2 N–H and O–H groups in total. The molecule has 2 nitrogen and oxygen atoms in total. The van der Waals surface area contributed by atoms with Crippen LogP contribution in [0.5, 0.6) is 0 Å².